The van der Waals surface area contributed by atoms with E-state index in [0.29, 0.717) is 36.4 Å². The summed E-state index contributed by atoms with van der Waals surface area (Å²) in [4.78, 5) is 33.5. The highest BCUT2D eigenvalue weighted by Gasteiger charge is 2.12. The number of rotatable bonds is 6. The molecule has 0 aliphatic rings. The van der Waals surface area contributed by atoms with Crippen molar-refractivity contribution in [2.45, 2.75) is 26.9 Å². The second kappa shape index (κ2) is 7.96. The lowest BCUT2D eigenvalue weighted by Gasteiger charge is -2.09. The standard InChI is InChI=1S/C20H20N6O2S/c1-13-5-3-4-6-15(13)10-25-12-22-18-16(20(25)28)9-23-26(18)8-7-21-19(27)17-11-29-14(2)24-17/h3-6,9,11-12H,7-8,10H2,1-2H3,(H,21,27). The Hall–Kier alpha value is -3.33. The number of hydrogen-bond donors (Lipinski definition) is 1. The molecule has 0 atom stereocenters. The van der Waals surface area contributed by atoms with Crippen LogP contribution in [-0.2, 0) is 13.1 Å². The van der Waals surface area contributed by atoms with Crippen LogP contribution in [0.1, 0.15) is 26.6 Å². The largest absolute Gasteiger partial charge is 0.349 e. The fourth-order valence-corrected chi connectivity index (χ4v) is 3.67. The van der Waals surface area contributed by atoms with Crippen molar-refractivity contribution in [2.75, 3.05) is 6.54 Å². The monoisotopic (exact) mass is 408 g/mol. The van der Waals surface area contributed by atoms with E-state index in [9.17, 15) is 9.59 Å². The van der Waals surface area contributed by atoms with Gasteiger partial charge in [-0.15, -0.1) is 11.3 Å². The Morgan fingerprint density at radius 1 is 1.24 bits per heavy atom. The number of aryl methyl sites for hydroxylation is 2. The van der Waals surface area contributed by atoms with Crippen molar-refractivity contribution in [1.29, 1.82) is 0 Å². The van der Waals surface area contributed by atoms with Gasteiger partial charge in [0.05, 0.1) is 24.3 Å². The lowest BCUT2D eigenvalue weighted by Crippen LogP contribution is -2.28. The van der Waals surface area contributed by atoms with Gasteiger partial charge in [0, 0.05) is 11.9 Å². The number of carbonyl (C=O) groups is 1. The van der Waals surface area contributed by atoms with Gasteiger partial charge in [-0.3, -0.25) is 14.2 Å². The molecule has 9 heteroatoms. The fourth-order valence-electron chi connectivity index (χ4n) is 3.08. The van der Waals surface area contributed by atoms with Gasteiger partial charge in [0.15, 0.2) is 5.65 Å². The number of nitrogens with zero attached hydrogens (tertiary/aromatic N) is 5. The maximum absolute atomic E-state index is 12.8. The first kappa shape index (κ1) is 19.0. The predicted molar refractivity (Wildman–Crippen MR) is 111 cm³/mol. The molecule has 4 rings (SSSR count). The zero-order valence-electron chi connectivity index (χ0n) is 16.1. The summed E-state index contributed by atoms with van der Waals surface area (Å²) in [6, 6.07) is 7.95. The molecule has 1 N–H and O–H groups in total. The van der Waals surface area contributed by atoms with Crippen molar-refractivity contribution in [2.24, 2.45) is 0 Å². The number of benzene rings is 1. The van der Waals surface area contributed by atoms with Gasteiger partial charge < -0.3 is 5.32 Å². The van der Waals surface area contributed by atoms with Gasteiger partial charge in [-0.25, -0.2) is 14.6 Å². The van der Waals surface area contributed by atoms with Crippen LogP contribution in [0.5, 0.6) is 0 Å². The lowest BCUT2D eigenvalue weighted by molar-refractivity contribution is 0.0947. The van der Waals surface area contributed by atoms with Crippen molar-refractivity contribution in [3.8, 4) is 0 Å². The first-order valence-corrected chi connectivity index (χ1v) is 10.1. The molecule has 29 heavy (non-hydrogen) atoms. The van der Waals surface area contributed by atoms with Crippen molar-refractivity contribution in [1.82, 2.24) is 29.6 Å². The Kier molecular flexibility index (Phi) is 5.22. The Labute approximate surface area is 170 Å². The normalized spacial score (nSPS) is 11.1. The van der Waals surface area contributed by atoms with Gasteiger partial charge in [0.1, 0.15) is 17.4 Å². The van der Waals surface area contributed by atoms with Crippen LogP contribution >= 0.6 is 11.3 Å². The molecule has 0 spiro atoms. The molecule has 0 aliphatic heterocycles. The van der Waals surface area contributed by atoms with E-state index >= 15 is 0 Å². The average Bonchev–Trinajstić information content (AvgIpc) is 3.32. The highest BCUT2D eigenvalue weighted by molar-refractivity contribution is 7.09. The zero-order valence-corrected chi connectivity index (χ0v) is 16.9. The average molecular weight is 408 g/mol. The minimum Gasteiger partial charge on any atom is -0.349 e. The number of amides is 1. The molecule has 1 aromatic carbocycles. The molecule has 1 amide bonds. The minimum absolute atomic E-state index is 0.133. The molecule has 0 fully saturated rings. The molecule has 0 saturated heterocycles. The van der Waals surface area contributed by atoms with E-state index in [1.807, 2.05) is 38.1 Å². The molecule has 148 valence electrons. The summed E-state index contributed by atoms with van der Waals surface area (Å²) in [5.74, 6) is -0.223. The molecule has 0 aliphatic carbocycles. The van der Waals surface area contributed by atoms with Crippen molar-refractivity contribution < 1.29 is 4.79 Å². The number of hydrogen-bond acceptors (Lipinski definition) is 6. The van der Waals surface area contributed by atoms with Crippen LogP contribution in [0.4, 0.5) is 0 Å². The predicted octanol–water partition coefficient (Wildman–Crippen LogP) is 2.14. The number of nitrogens with one attached hydrogen (secondary N) is 1. The fraction of sp³-hybridized carbons (Fsp3) is 0.250. The molecule has 0 saturated carbocycles. The van der Waals surface area contributed by atoms with Gasteiger partial charge in [-0.05, 0) is 25.0 Å². The minimum atomic E-state index is -0.223. The van der Waals surface area contributed by atoms with E-state index in [2.05, 4.69) is 20.4 Å². The second-order valence-corrected chi connectivity index (χ2v) is 7.78. The van der Waals surface area contributed by atoms with Crippen LogP contribution in [0.2, 0.25) is 0 Å². The molecule has 0 unspecified atom stereocenters. The zero-order chi connectivity index (χ0) is 20.4. The first-order valence-electron chi connectivity index (χ1n) is 9.18. The van der Waals surface area contributed by atoms with E-state index in [1.54, 1.807) is 21.0 Å². The van der Waals surface area contributed by atoms with Crippen LogP contribution in [0.15, 0.2) is 47.0 Å². The number of carbonyl (C=O) groups excluding carboxylic acids is 1. The quantitative estimate of drug-likeness (QED) is 0.527. The Morgan fingerprint density at radius 2 is 2.07 bits per heavy atom. The van der Waals surface area contributed by atoms with E-state index in [1.165, 1.54) is 17.5 Å². The Morgan fingerprint density at radius 3 is 2.83 bits per heavy atom. The topological polar surface area (TPSA) is 94.7 Å². The van der Waals surface area contributed by atoms with Gasteiger partial charge in [-0.2, -0.15) is 5.10 Å². The van der Waals surface area contributed by atoms with Crippen molar-refractivity contribution in [3.63, 3.8) is 0 Å². The molecule has 4 aromatic rings. The third kappa shape index (κ3) is 3.95. The molecule has 3 aromatic heterocycles. The molecular formula is C20H20N6O2S. The summed E-state index contributed by atoms with van der Waals surface area (Å²) in [5.41, 5.74) is 2.99. The van der Waals surface area contributed by atoms with Crippen LogP contribution in [-0.4, -0.2) is 36.8 Å². The Bertz CT molecular complexity index is 1240. The second-order valence-electron chi connectivity index (χ2n) is 6.72. The van der Waals surface area contributed by atoms with Crippen LogP contribution in [0.25, 0.3) is 11.0 Å². The smallest absolute Gasteiger partial charge is 0.270 e. The molecule has 3 heterocycles. The summed E-state index contributed by atoms with van der Waals surface area (Å²) in [6.45, 7) is 5.11. The maximum Gasteiger partial charge on any atom is 0.270 e. The van der Waals surface area contributed by atoms with Crippen LogP contribution in [0.3, 0.4) is 0 Å². The number of aromatic nitrogens is 5. The molecule has 8 nitrogen and oxygen atoms in total. The lowest BCUT2D eigenvalue weighted by atomic mass is 10.1. The summed E-state index contributed by atoms with van der Waals surface area (Å²) in [6.07, 6.45) is 3.08. The summed E-state index contributed by atoms with van der Waals surface area (Å²) in [5, 5.41) is 10.1. The van der Waals surface area contributed by atoms with E-state index in [0.717, 1.165) is 16.1 Å². The van der Waals surface area contributed by atoms with Gasteiger partial charge >= 0.3 is 0 Å². The first-order chi connectivity index (χ1) is 14.0. The van der Waals surface area contributed by atoms with Crippen molar-refractivity contribution >= 4 is 28.3 Å². The summed E-state index contributed by atoms with van der Waals surface area (Å²) >= 11 is 1.43. The molecule has 0 radical (unpaired) electrons. The highest BCUT2D eigenvalue weighted by atomic mass is 32.1. The maximum atomic E-state index is 12.8. The van der Waals surface area contributed by atoms with Crippen molar-refractivity contribution in [3.05, 3.63) is 74.4 Å². The van der Waals surface area contributed by atoms with Gasteiger partial charge in [0.2, 0.25) is 0 Å². The van der Waals surface area contributed by atoms with Crippen LogP contribution in [0, 0.1) is 13.8 Å². The summed E-state index contributed by atoms with van der Waals surface area (Å²) < 4.78 is 3.21. The molecular weight excluding hydrogens is 388 g/mol. The Balaban J connectivity index is 1.48. The SMILES string of the molecule is Cc1nc(C(=O)NCCn2ncc3c(=O)n(Cc4ccccc4C)cnc32)cs1. The number of thiazole rings is 1. The van der Waals surface area contributed by atoms with E-state index < -0.39 is 0 Å². The van der Waals surface area contributed by atoms with Gasteiger partial charge in [-0.1, -0.05) is 24.3 Å². The van der Waals surface area contributed by atoms with Crippen LogP contribution < -0.4 is 10.9 Å². The third-order valence-electron chi connectivity index (χ3n) is 4.69. The molecule has 0 bridgehead atoms. The summed E-state index contributed by atoms with van der Waals surface area (Å²) in [7, 11) is 0. The van der Waals surface area contributed by atoms with E-state index in [-0.39, 0.29) is 11.5 Å². The number of fused-ring (bicyclic) bond motifs is 1. The van der Waals surface area contributed by atoms with E-state index in [4.69, 9.17) is 0 Å². The third-order valence-corrected chi connectivity index (χ3v) is 5.46. The highest BCUT2D eigenvalue weighted by Crippen LogP contribution is 2.10. The van der Waals surface area contributed by atoms with Gasteiger partial charge in [0.25, 0.3) is 11.5 Å².